The van der Waals surface area contributed by atoms with Gasteiger partial charge in [-0.25, -0.2) is 8.42 Å². The van der Waals surface area contributed by atoms with E-state index < -0.39 is 15.9 Å². The highest BCUT2D eigenvalue weighted by Gasteiger charge is 2.27. The number of nitrogens with zero attached hydrogens (tertiary/aromatic N) is 1. The third-order valence-corrected chi connectivity index (χ3v) is 6.66. The van der Waals surface area contributed by atoms with Crippen LogP contribution < -0.4 is 14.4 Å². The second-order valence-electron chi connectivity index (χ2n) is 6.93. The number of aryl methyl sites for hydroxylation is 1. The lowest BCUT2D eigenvalue weighted by molar-refractivity contribution is -0.119. The molecular formula is C23H23ClN2O4S. The van der Waals surface area contributed by atoms with Crippen LogP contribution in [0.1, 0.15) is 11.1 Å². The van der Waals surface area contributed by atoms with Crippen molar-refractivity contribution in [1.82, 2.24) is 5.32 Å². The van der Waals surface area contributed by atoms with E-state index in [4.69, 9.17) is 16.3 Å². The summed E-state index contributed by atoms with van der Waals surface area (Å²) >= 11 is 6.08. The van der Waals surface area contributed by atoms with Crippen LogP contribution in [-0.2, 0) is 21.4 Å². The van der Waals surface area contributed by atoms with Crippen molar-refractivity contribution in [3.8, 4) is 5.75 Å². The van der Waals surface area contributed by atoms with Gasteiger partial charge in [-0.15, -0.1) is 0 Å². The Bertz CT molecular complexity index is 1150. The number of sulfonamides is 1. The van der Waals surface area contributed by atoms with Gasteiger partial charge in [0.05, 0.1) is 17.7 Å². The SMILES string of the molecule is COc1ccc(CNC(=O)CN(c2cccc(Cl)c2)S(=O)(=O)c2ccc(C)cc2)cc1. The molecule has 1 N–H and O–H groups in total. The van der Waals surface area contributed by atoms with Crippen LogP contribution in [-0.4, -0.2) is 28.0 Å². The molecule has 0 aromatic heterocycles. The highest BCUT2D eigenvalue weighted by Crippen LogP contribution is 2.26. The predicted molar refractivity (Wildman–Crippen MR) is 122 cm³/mol. The summed E-state index contributed by atoms with van der Waals surface area (Å²) in [5.41, 5.74) is 2.11. The summed E-state index contributed by atoms with van der Waals surface area (Å²) in [5, 5.41) is 3.14. The number of benzene rings is 3. The van der Waals surface area contributed by atoms with E-state index >= 15 is 0 Å². The average Bonchev–Trinajstić information content (AvgIpc) is 2.76. The molecule has 0 heterocycles. The smallest absolute Gasteiger partial charge is 0.264 e. The van der Waals surface area contributed by atoms with Crippen LogP contribution in [0.15, 0.2) is 77.7 Å². The fourth-order valence-corrected chi connectivity index (χ4v) is 4.51. The number of rotatable bonds is 8. The zero-order valence-electron chi connectivity index (χ0n) is 17.2. The molecule has 0 atom stereocenters. The molecule has 0 aliphatic heterocycles. The van der Waals surface area contributed by atoms with Crippen molar-refractivity contribution in [3.63, 3.8) is 0 Å². The first kappa shape index (κ1) is 22.7. The highest BCUT2D eigenvalue weighted by atomic mass is 35.5. The number of hydrogen-bond donors (Lipinski definition) is 1. The van der Waals surface area contributed by atoms with Crippen molar-refractivity contribution in [3.05, 3.63) is 88.9 Å². The quantitative estimate of drug-likeness (QED) is 0.549. The van der Waals surface area contributed by atoms with Gasteiger partial charge in [0.1, 0.15) is 12.3 Å². The van der Waals surface area contributed by atoms with Crippen LogP contribution in [0.4, 0.5) is 5.69 Å². The van der Waals surface area contributed by atoms with Gasteiger partial charge in [-0.05, 0) is 55.0 Å². The maximum absolute atomic E-state index is 13.3. The van der Waals surface area contributed by atoms with E-state index in [2.05, 4.69) is 5.32 Å². The van der Waals surface area contributed by atoms with Gasteiger partial charge >= 0.3 is 0 Å². The van der Waals surface area contributed by atoms with E-state index in [1.165, 1.54) is 18.2 Å². The Morgan fingerprint density at radius 2 is 1.71 bits per heavy atom. The van der Waals surface area contributed by atoms with Crippen molar-refractivity contribution >= 4 is 33.2 Å². The topological polar surface area (TPSA) is 75.7 Å². The number of ether oxygens (including phenoxy) is 1. The molecule has 0 fully saturated rings. The summed E-state index contributed by atoms with van der Waals surface area (Å²) in [6.07, 6.45) is 0. The number of carbonyl (C=O) groups excluding carboxylic acids is 1. The van der Waals surface area contributed by atoms with Gasteiger partial charge in [-0.1, -0.05) is 47.5 Å². The maximum atomic E-state index is 13.3. The van der Waals surface area contributed by atoms with Crippen molar-refractivity contribution in [2.75, 3.05) is 18.0 Å². The summed E-state index contributed by atoms with van der Waals surface area (Å²) in [5.74, 6) is 0.276. The van der Waals surface area contributed by atoms with Crippen molar-refractivity contribution in [2.24, 2.45) is 0 Å². The first-order valence-corrected chi connectivity index (χ1v) is 11.4. The molecule has 3 aromatic rings. The van der Waals surface area contributed by atoms with Gasteiger partial charge in [-0.2, -0.15) is 0 Å². The molecular weight excluding hydrogens is 436 g/mol. The minimum Gasteiger partial charge on any atom is -0.497 e. The predicted octanol–water partition coefficient (Wildman–Crippen LogP) is 4.17. The lowest BCUT2D eigenvalue weighted by atomic mass is 10.2. The van der Waals surface area contributed by atoms with Crippen LogP contribution in [0.25, 0.3) is 0 Å². The Balaban J connectivity index is 1.82. The Morgan fingerprint density at radius 3 is 2.32 bits per heavy atom. The molecule has 31 heavy (non-hydrogen) atoms. The lowest BCUT2D eigenvalue weighted by Gasteiger charge is -2.24. The van der Waals surface area contributed by atoms with Gasteiger partial charge in [0.2, 0.25) is 5.91 Å². The van der Waals surface area contributed by atoms with E-state index in [9.17, 15) is 13.2 Å². The Hall–Kier alpha value is -3.03. The summed E-state index contributed by atoms with van der Waals surface area (Å²) in [4.78, 5) is 12.8. The van der Waals surface area contributed by atoms with Crippen molar-refractivity contribution < 1.29 is 17.9 Å². The molecule has 8 heteroatoms. The zero-order chi connectivity index (χ0) is 22.4. The second kappa shape index (κ2) is 9.85. The van der Waals surface area contributed by atoms with Crippen molar-refractivity contribution in [1.29, 1.82) is 0 Å². The van der Waals surface area contributed by atoms with E-state index in [-0.39, 0.29) is 18.0 Å². The van der Waals surface area contributed by atoms with Crippen LogP contribution in [0.2, 0.25) is 5.02 Å². The van der Waals surface area contributed by atoms with Crippen LogP contribution >= 0.6 is 11.6 Å². The summed E-state index contributed by atoms with van der Waals surface area (Å²) in [7, 11) is -2.40. The molecule has 6 nitrogen and oxygen atoms in total. The number of methoxy groups -OCH3 is 1. The summed E-state index contributed by atoms with van der Waals surface area (Å²) in [6.45, 7) is 1.75. The molecule has 3 rings (SSSR count). The van der Waals surface area contributed by atoms with E-state index in [1.54, 1.807) is 49.6 Å². The van der Waals surface area contributed by atoms with E-state index in [0.29, 0.717) is 16.5 Å². The minimum atomic E-state index is -3.98. The molecule has 162 valence electrons. The molecule has 0 aliphatic carbocycles. The van der Waals surface area contributed by atoms with Gasteiger partial charge in [0, 0.05) is 11.6 Å². The molecule has 0 aliphatic rings. The Morgan fingerprint density at radius 1 is 1.03 bits per heavy atom. The highest BCUT2D eigenvalue weighted by molar-refractivity contribution is 7.92. The van der Waals surface area contributed by atoms with Crippen LogP contribution in [0.5, 0.6) is 5.75 Å². The third kappa shape index (κ3) is 5.77. The zero-order valence-corrected chi connectivity index (χ0v) is 18.8. The number of anilines is 1. The largest absolute Gasteiger partial charge is 0.497 e. The maximum Gasteiger partial charge on any atom is 0.264 e. The number of hydrogen-bond acceptors (Lipinski definition) is 4. The fourth-order valence-electron chi connectivity index (χ4n) is 2.91. The standard InChI is InChI=1S/C23H23ClN2O4S/c1-17-6-12-22(13-7-17)31(28,29)26(20-5-3-4-19(24)14-20)16-23(27)25-15-18-8-10-21(30-2)11-9-18/h3-14H,15-16H2,1-2H3,(H,25,27). The van der Waals surface area contributed by atoms with Crippen molar-refractivity contribution in [2.45, 2.75) is 18.4 Å². The van der Waals surface area contributed by atoms with Crippen LogP contribution in [0, 0.1) is 6.92 Å². The number of amides is 1. The molecule has 0 radical (unpaired) electrons. The summed E-state index contributed by atoms with van der Waals surface area (Å²) in [6, 6.07) is 20.1. The van der Waals surface area contributed by atoms with E-state index in [0.717, 1.165) is 15.4 Å². The molecule has 0 saturated carbocycles. The summed E-state index contributed by atoms with van der Waals surface area (Å²) < 4.78 is 32.8. The Labute approximate surface area is 187 Å². The first-order valence-electron chi connectivity index (χ1n) is 9.54. The molecule has 0 saturated heterocycles. The molecule has 3 aromatic carbocycles. The molecule has 0 bridgehead atoms. The molecule has 0 unspecified atom stereocenters. The third-order valence-electron chi connectivity index (χ3n) is 4.64. The lowest BCUT2D eigenvalue weighted by Crippen LogP contribution is -2.40. The number of halogens is 1. The van der Waals surface area contributed by atoms with Gasteiger partial charge < -0.3 is 10.1 Å². The van der Waals surface area contributed by atoms with E-state index in [1.807, 2.05) is 19.1 Å². The molecule has 0 spiro atoms. The fraction of sp³-hybridized carbons (Fsp3) is 0.174. The van der Waals surface area contributed by atoms with Gasteiger partial charge in [-0.3, -0.25) is 9.10 Å². The second-order valence-corrected chi connectivity index (χ2v) is 9.23. The molecule has 1 amide bonds. The average molecular weight is 459 g/mol. The van der Waals surface area contributed by atoms with Gasteiger partial charge in [0.25, 0.3) is 10.0 Å². The van der Waals surface area contributed by atoms with Crippen LogP contribution in [0.3, 0.4) is 0 Å². The number of nitrogens with one attached hydrogen (secondary N) is 1. The minimum absolute atomic E-state index is 0.0982. The normalized spacial score (nSPS) is 11.1. The Kier molecular flexibility index (Phi) is 7.20. The number of carbonyl (C=O) groups is 1. The first-order chi connectivity index (χ1) is 14.8. The van der Waals surface area contributed by atoms with Gasteiger partial charge in [0.15, 0.2) is 0 Å². The monoisotopic (exact) mass is 458 g/mol.